The Bertz CT molecular complexity index is 1100. The molecule has 27 heavy (non-hydrogen) atoms. The van der Waals surface area contributed by atoms with Gasteiger partial charge in [-0.2, -0.15) is 10.5 Å². The van der Waals surface area contributed by atoms with Crippen molar-refractivity contribution in [2.24, 2.45) is 0 Å². The van der Waals surface area contributed by atoms with Crippen LogP contribution in [0.3, 0.4) is 0 Å². The van der Waals surface area contributed by atoms with E-state index in [9.17, 15) is 15.3 Å². The number of aromatic nitrogens is 2. The molecule has 0 bridgehead atoms. The number of nitriles is 2. The summed E-state index contributed by atoms with van der Waals surface area (Å²) in [7, 11) is 0. The van der Waals surface area contributed by atoms with E-state index in [4.69, 9.17) is 4.74 Å². The fraction of sp³-hybridized carbons (Fsp3) is 0.143. The second kappa shape index (κ2) is 7.99. The van der Waals surface area contributed by atoms with Crippen LogP contribution in [0, 0.1) is 22.7 Å². The molecule has 3 aromatic rings. The normalized spacial score (nSPS) is 11.0. The van der Waals surface area contributed by atoms with Gasteiger partial charge >= 0.3 is 5.97 Å². The minimum Gasteiger partial charge on any atom is -0.462 e. The summed E-state index contributed by atoms with van der Waals surface area (Å²) in [5.74, 6) is -0.680. The smallest absolute Gasteiger partial charge is 0.348 e. The predicted octanol–water partition coefficient (Wildman–Crippen LogP) is 3.43. The predicted molar refractivity (Wildman–Crippen MR) is 100 cm³/mol. The van der Waals surface area contributed by atoms with Crippen molar-refractivity contribution in [3.8, 4) is 12.1 Å². The van der Waals surface area contributed by atoms with Gasteiger partial charge < -0.3 is 9.30 Å². The SMILES string of the molecule is CCOC(=O)/C(C#N)=C/c1cn(Cc2ccccn2)c2cccc(C#N)c12. The Morgan fingerprint density at radius 2 is 2.11 bits per heavy atom. The summed E-state index contributed by atoms with van der Waals surface area (Å²) >= 11 is 0. The molecule has 2 heterocycles. The molecule has 0 radical (unpaired) electrons. The number of carbonyl (C=O) groups excluding carboxylic acids is 1. The first-order chi connectivity index (χ1) is 13.2. The number of fused-ring (bicyclic) bond motifs is 1. The van der Waals surface area contributed by atoms with E-state index in [2.05, 4.69) is 11.1 Å². The monoisotopic (exact) mass is 356 g/mol. The molecule has 3 rings (SSSR count). The largest absolute Gasteiger partial charge is 0.462 e. The van der Waals surface area contributed by atoms with Crippen molar-refractivity contribution in [1.82, 2.24) is 9.55 Å². The standard InChI is InChI=1S/C21H16N4O2/c1-2-27-21(26)16(12-23)10-17-13-25(14-18-7-3-4-9-24-18)19-8-5-6-15(11-22)20(17)19/h3-10,13H,2,14H2,1H3/b16-10+. The molecule has 0 saturated carbocycles. The second-order valence-electron chi connectivity index (χ2n) is 5.74. The molecule has 132 valence electrons. The topological polar surface area (TPSA) is 91.7 Å². The van der Waals surface area contributed by atoms with Gasteiger partial charge in [0.15, 0.2) is 0 Å². The van der Waals surface area contributed by atoms with Crippen molar-refractivity contribution in [2.45, 2.75) is 13.5 Å². The van der Waals surface area contributed by atoms with Gasteiger partial charge in [0.2, 0.25) is 0 Å². The van der Waals surface area contributed by atoms with Crippen LogP contribution in [0.15, 0.2) is 54.4 Å². The maximum Gasteiger partial charge on any atom is 0.348 e. The van der Waals surface area contributed by atoms with E-state index in [1.165, 1.54) is 6.08 Å². The average Bonchev–Trinajstić information content (AvgIpc) is 3.04. The molecule has 0 amide bonds. The quantitative estimate of drug-likeness (QED) is 0.397. The van der Waals surface area contributed by atoms with Gasteiger partial charge in [-0.3, -0.25) is 4.98 Å². The first kappa shape index (κ1) is 17.9. The van der Waals surface area contributed by atoms with Crippen molar-refractivity contribution in [3.05, 3.63) is 71.2 Å². The molecule has 0 fully saturated rings. The molecule has 0 spiro atoms. The minimum absolute atomic E-state index is 0.110. The molecular formula is C21H16N4O2. The lowest BCUT2D eigenvalue weighted by molar-refractivity contribution is -0.137. The second-order valence-corrected chi connectivity index (χ2v) is 5.74. The summed E-state index contributed by atoms with van der Waals surface area (Å²) in [5.41, 5.74) is 2.66. The Morgan fingerprint density at radius 3 is 2.78 bits per heavy atom. The molecule has 0 aliphatic carbocycles. The first-order valence-corrected chi connectivity index (χ1v) is 8.38. The van der Waals surface area contributed by atoms with Crippen LogP contribution in [0.2, 0.25) is 0 Å². The number of esters is 1. The summed E-state index contributed by atoms with van der Waals surface area (Å²) in [5, 5.41) is 19.5. The van der Waals surface area contributed by atoms with Crippen molar-refractivity contribution in [2.75, 3.05) is 6.61 Å². The zero-order chi connectivity index (χ0) is 19.2. The lowest BCUT2D eigenvalue weighted by Gasteiger charge is -2.04. The fourth-order valence-corrected chi connectivity index (χ4v) is 2.89. The lowest BCUT2D eigenvalue weighted by Crippen LogP contribution is -2.06. The van der Waals surface area contributed by atoms with Gasteiger partial charge in [0.05, 0.1) is 36.0 Å². The van der Waals surface area contributed by atoms with Crippen LogP contribution in [0.25, 0.3) is 17.0 Å². The van der Waals surface area contributed by atoms with Crippen LogP contribution < -0.4 is 0 Å². The van der Waals surface area contributed by atoms with Crippen molar-refractivity contribution < 1.29 is 9.53 Å². The number of ether oxygens (including phenoxy) is 1. The molecule has 0 aliphatic rings. The molecule has 0 N–H and O–H groups in total. The number of benzene rings is 1. The van der Waals surface area contributed by atoms with E-state index < -0.39 is 5.97 Å². The molecule has 0 unspecified atom stereocenters. The van der Waals surface area contributed by atoms with E-state index >= 15 is 0 Å². The van der Waals surface area contributed by atoms with Gasteiger partial charge in [-0.1, -0.05) is 12.1 Å². The number of nitrogens with zero attached hydrogens (tertiary/aromatic N) is 4. The number of hydrogen-bond acceptors (Lipinski definition) is 5. The maximum atomic E-state index is 12.0. The van der Waals surface area contributed by atoms with Gasteiger partial charge in [0, 0.05) is 23.3 Å². The number of carbonyl (C=O) groups is 1. The summed E-state index contributed by atoms with van der Waals surface area (Å²) < 4.78 is 6.88. The van der Waals surface area contributed by atoms with Gasteiger partial charge in [0.25, 0.3) is 0 Å². The fourth-order valence-electron chi connectivity index (χ4n) is 2.89. The molecular weight excluding hydrogens is 340 g/mol. The molecule has 0 atom stereocenters. The zero-order valence-corrected chi connectivity index (χ0v) is 14.7. The Balaban J connectivity index is 2.16. The van der Waals surface area contributed by atoms with E-state index in [1.54, 1.807) is 25.3 Å². The van der Waals surface area contributed by atoms with Gasteiger partial charge in [-0.25, -0.2) is 4.79 Å². The zero-order valence-electron chi connectivity index (χ0n) is 14.7. The molecule has 0 aliphatic heterocycles. The Kier molecular flexibility index (Phi) is 5.30. The highest BCUT2D eigenvalue weighted by Gasteiger charge is 2.15. The van der Waals surface area contributed by atoms with Gasteiger partial charge in [0.1, 0.15) is 11.6 Å². The average molecular weight is 356 g/mol. The molecule has 2 aromatic heterocycles. The van der Waals surface area contributed by atoms with E-state index in [0.29, 0.717) is 23.1 Å². The molecule has 6 heteroatoms. The highest BCUT2D eigenvalue weighted by atomic mass is 16.5. The highest BCUT2D eigenvalue weighted by Crippen LogP contribution is 2.27. The van der Waals surface area contributed by atoms with Crippen LogP contribution >= 0.6 is 0 Å². The minimum atomic E-state index is -0.680. The van der Waals surface area contributed by atoms with Gasteiger partial charge in [-0.05, 0) is 37.3 Å². The molecule has 6 nitrogen and oxygen atoms in total. The van der Waals surface area contributed by atoms with Crippen LogP contribution in [0.4, 0.5) is 0 Å². The number of hydrogen-bond donors (Lipinski definition) is 0. The molecule has 0 saturated heterocycles. The Hall–Kier alpha value is -3.90. The van der Waals surface area contributed by atoms with E-state index in [0.717, 1.165) is 11.2 Å². The summed E-state index contributed by atoms with van der Waals surface area (Å²) in [6.45, 7) is 2.36. The lowest BCUT2D eigenvalue weighted by atomic mass is 10.1. The number of pyridine rings is 1. The third kappa shape index (κ3) is 3.70. The Labute approximate surface area is 156 Å². The van der Waals surface area contributed by atoms with Crippen molar-refractivity contribution in [1.29, 1.82) is 10.5 Å². The van der Waals surface area contributed by atoms with Crippen LogP contribution in [-0.2, 0) is 16.1 Å². The van der Waals surface area contributed by atoms with Crippen molar-refractivity contribution in [3.63, 3.8) is 0 Å². The summed E-state index contributed by atoms with van der Waals surface area (Å²) in [4.78, 5) is 16.3. The van der Waals surface area contributed by atoms with E-state index in [-0.39, 0.29) is 12.2 Å². The van der Waals surface area contributed by atoms with Crippen LogP contribution in [0.5, 0.6) is 0 Å². The van der Waals surface area contributed by atoms with Crippen LogP contribution in [0.1, 0.15) is 23.7 Å². The first-order valence-electron chi connectivity index (χ1n) is 8.38. The van der Waals surface area contributed by atoms with Crippen molar-refractivity contribution >= 4 is 22.9 Å². The highest BCUT2D eigenvalue weighted by molar-refractivity contribution is 6.02. The van der Waals surface area contributed by atoms with Gasteiger partial charge in [-0.15, -0.1) is 0 Å². The maximum absolute atomic E-state index is 12.0. The third-order valence-electron chi connectivity index (χ3n) is 4.03. The summed E-state index contributed by atoms with van der Waals surface area (Å²) in [6, 6.07) is 15.1. The van der Waals surface area contributed by atoms with Crippen LogP contribution in [-0.4, -0.2) is 22.1 Å². The Morgan fingerprint density at radius 1 is 1.26 bits per heavy atom. The summed E-state index contributed by atoms with van der Waals surface area (Å²) in [6.07, 6.45) is 5.00. The number of rotatable bonds is 5. The third-order valence-corrected chi connectivity index (χ3v) is 4.03. The van der Waals surface area contributed by atoms with E-state index in [1.807, 2.05) is 41.1 Å². The molecule has 1 aromatic carbocycles.